The van der Waals surface area contributed by atoms with Crippen LogP contribution in [0.4, 0.5) is 0 Å². The van der Waals surface area contributed by atoms with Crippen LogP contribution in [0.5, 0.6) is 0 Å². The summed E-state index contributed by atoms with van der Waals surface area (Å²) in [5.74, 6) is 1.75. The molecule has 0 bridgehead atoms. The molecule has 0 saturated carbocycles. The highest BCUT2D eigenvalue weighted by atomic mass is 16.5. The van der Waals surface area contributed by atoms with Crippen molar-refractivity contribution in [1.29, 1.82) is 0 Å². The molecule has 1 aliphatic rings. The second-order valence-electron chi connectivity index (χ2n) is 4.98. The Morgan fingerprint density at radius 2 is 2.42 bits per heavy atom. The maximum absolute atomic E-state index is 5.64. The van der Waals surface area contributed by atoms with E-state index in [1.165, 1.54) is 6.42 Å². The van der Waals surface area contributed by atoms with Crippen LogP contribution >= 0.6 is 0 Å². The van der Waals surface area contributed by atoms with E-state index < -0.39 is 0 Å². The first kappa shape index (κ1) is 12.4. The zero-order valence-corrected chi connectivity index (χ0v) is 11.1. The summed E-state index contributed by atoms with van der Waals surface area (Å²) in [6.45, 7) is 4.41. The van der Waals surface area contributed by atoms with Gasteiger partial charge in [-0.05, 0) is 31.9 Å². The van der Waals surface area contributed by atoms with Gasteiger partial charge in [-0.2, -0.15) is 5.10 Å². The van der Waals surface area contributed by atoms with Gasteiger partial charge in [-0.15, -0.1) is 0 Å². The van der Waals surface area contributed by atoms with Gasteiger partial charge in [-0.1, -0.05) is 0 Å². The molecule has 5 heteroatoms. The second-order valence-corrected chi connectivity index (χ2v) is 4.98. The van der Waals surface area contributed by atoms with E-state index in [4.69, 9.17) is 9.15 Å². The van der Waals surface area contributed by atoms with Crippen molar-refractivity contribution in [2.45, 2.75) is 32.4 Å². The van der Waals surface area contributed by atoms with Crippen molar-refractivity contribution in [2.24, 2.45) is 0 Å². The number of aromatic amines is 1. The van der Waals surface area contributed by atoms with E-state index >= 15 is 0 Å². The number of nitrogens with zero attached hydrogens (tertiary/aromatic N) is 1. The molecule has 0 aliphatic carbocycles. The van der Waals surface area contributed by atoms with Crippen molar-refractivity contribution < 1.29 is 9.15 Å². The van der Waals surface area contributed by atoms with Crippen LogP contribution < -0.4 is 5.32 Å². The Balaban J connectivity index is 1.66. The van der Waals surface area contributed by atoms with Crippen LogP contribution in [0.1, 0.15) is 24.2 Å². The van der Waals surface area contributed by atoms with Crippen LogP contribution in [0.2, 0.25) is 0 Å². The molecule has 2 aromatic rings. The number of H-pyrrole nitrogens is 1. The smallest absolute Gasteiger partial charge is 0.152 e. The molecule has 1 fully saturated rings. The highest BCUT2D eigenvalue weighted by Crippen LogP contribution is 2.23. The number of nitrogens with one attached hydrogen (secondary N) is 2. The molecule has 102 valence electrons. The molecule has 0 spiro atoms. The molecular weight excluding hydrogens is 242 g/mol. The Labute approximate surface area is 112 Å². The molecule has 0 aromatic carbocycles. The molecule has 1 unspecified atom stereocenters. The normalized spacial score (nSPS) is 19.7. The Morgan fingerprint density at radius 1 is 1.47 bits per heavy atom. The van der Waals surface area contributed by atoms with Crippen molar-refractivity contribution in [3.05, 3.63) is 29.7 Å². The average molecular weight is 261 g/mol. The van der Waals surface area contributed by atoms with Gasteiger partial charge in [0, 0.05) is 24.8 Å². The molecule has 0 amide bonds. The van der Waals surface area contributed by atoms with Gasteiger partial charge >= 0.3 is 0 Å². The SMILES string of the molecule is Cc1ccc(-c2[nH]ncc2CNC2CCCOC2)o1. The fourth-order valence-electron chi connectivity index (χ4n) is 2.38. The van der Waals surface area contributed by atoms with Crippen molar-refractivity contribution in [3.8, 4) is 11.5 Å². The van der Waals surface area contributed by atoms with Gasteiger partial charge in [0.1, 0.15) is 11.5 Å². The monoisotopic (exact) mass is 261 g/mol. The summed E-state index contributed by atoms with van der Waals surface area (Å²) in [6.07, 6.45) is 4.16. The first-order valence-electron chi connectivity index (χ1n) is 6.73. The predicted octanol–water partition coefficient (Wildman–Crippen LogP) is 2.25. The lowest BCUT2D eigenvalue weighted by Crippen LogP contribution is -2.36. The lowest BCUT2D eigenvalue weighted by atomic mass is 10.1. The maximum Gasteiger partial charge on any atom is 0.152 e. The Morgan fingerprint density at radius 3 is 3.16 bits per heavy atom. The quantitative estimate of drug-likeness (QED) is 0.886. The molecule has 1 aliphatic heterocycles. The molecule has 3 heterocycles. The van der Waals surface area contributed by atoms with E-state index in [0.717, 1.165) is 49.0 Å². The molecular formula is C14H19N3O2. The van der Waals surface area contributed by atoms with Crippen molar-refractivity contribution >= 4 is 0 Å². The van der Waals surface area contributed by atoms with Crippen molar-refractivity contribution in [2.75, 3.05) is 13.2 Å². The molecule has 19 heavy (non-hydrogen) atoms. The minimum atomic E-state index is 0.440. The summed E-state index contributed by atoms with van der Waals surface area (Å²) in [4.78, 5) is 0. The molecule has 3 rings (SSSR count). The van der Waals surface area contributed by atoms with E-state index in [1.807, 2.05) is 25.3 Å². The van der Waals surface area contributed by atoms with E-state index in [9.17, 15) is 0 Å². The number of furan rings is 1. The Hall–Kier alpha value is -1.59. The standard InChI is InChI=1S/C14H19N3O2/c1-10-4-5-13(19-10)14-11(8-16-17-14)7-15-12-3-2-6-18-9-12/h4-5,8,12,15H,2-3,6-7,9H2,1H3,(H,16,17). The zero-order valence-electron chi connectivity index (χ0n) is 11.1. The van der Waals surface area contributed by atoms with E-state index in [-0.39, 0.29) is 0 Å². The largest absolute Gasteiger partial charge is 0.460 e. The highest BCUT2D eigenvalue weighted by molar-refractivity contribution is 5.56. The third-order valence-corrected chi connectivity index (χ3v) is 3.45. The van der Waals surface area contributed by atoms with E-state index in [0.29, 0.717) is 6.04 Å². The number of aromatic nitrogens is 2. The summed E-state index contributed by atoms with van der Waals surface area (Å²) in [5.41, 5.74) is 2.08. The van der Waals surface area contributed by atoms with E-state index in [2.05, 4.69) is 15.5 Å². The number of rotatable bonds is 4. The third-order valence-electron chi connectivity index (χ3n) is 3.45. The molecule has 2 N–H and O–H groups in total. The Bertz CT molecular complexity index is 526. The molecule has 2 aromatic heterocycles. The third kappa shape index (κ3) is 2.88. The fourth-order valence-corrected chi connectivity index (χ4v) is 2.38. The summed E-state index contributed by atoms with van der Waals surface area (Å²) >= 11 is 0. The highest BCUT2D eigenvalue weighted by Gasteiger charge is 2.15. The van der Waals surface area contributed by atoms with Gasteiger partial charge in [-0.3, -0.25) is 5.10 Å². The van der Waals surface area contributed by atoms with Gasteiger partial charge in [0.2, 0.25) is 0 Å². The lowest BCUT2D eigenvalue weighted by molar-refractivity contribution is 0.0699. The minimum Gasteiger partial charge on any atom is -0.460 e. The van der Waals surface area contributed by atoms with Crippen LogP contribution in [0, 0.1) is 6.92 Å². The number of ether oxygens (including phenoxy) is 1. The number of aryl methyl sites for hydroxylation is 1. The van der Waals surface area contributed by atoms with Gasteiger partial charge in [-0.25, -0.2) is 0 Å². The second kappa shape index (κ2) is 5.59. The van der Waals surface area contributed by atoms with Crippen LogP contribution in [0.25, 0.3) is 11.5 Å². The summed E-state index contributed by atoms with van der Waals surface area (Å²) in [7, 11) is 0. The summed E-state index contributed by atoms with van der Waals surface area (Å²) in [5, 5.41) is 10.6. The van der Waals surface area contributed by atoms with Gasteiger partial charge in [0.05, 0.1) is 12.8 Å². The van der Waals surface area contributed by atoms with Gasteiger partial charge in [0.15, 0.2) is 5.76 Å². The number of hydrogen-bond acceptors (Lipinski definition) is 4. The van der Waals surface area contributed by atoms with E-state index in [1.54, 1.807) is 0 Å². The molecule has 5 nitrogen and oxygen atoms in total. The fraction of sp³-hybridized carbons (Fsp3) is 0.500. The van der Waals surface area contributed by atoms with Crippen LogP contribution in [0.15, 0.2) is 22.7 Å². The summed E-state index contributed by atoms with van der Waals surface area (Å²) in [6, 6.07) is 4.37. The first-order valence-corrected chi connectivity index (χ1v) is 6.73. The van der Waals surface area contributed by atoms with Gasteiger partial charge in [0.25, 0.3) is 0 Å². The molecule has 0 radical (unpaired) electrons. The van der Waals surface area contributed by atoms with Gasteiger partial charge < -0.3 is 14.5 Å². The van der Waals surface area contributed by atoms with Crippen LogP contribution in [-0.4, -0.2) is 29.5 Å². The summed E-state index contributed by atoms with van der Waals surface area (Å²) < 4.78 is 11.1. The average Bonchev–Trinajstić information content (AvgIpc) is 3.06. The van der Waals surface area contributed by atoms with Crippen molar-refractivity contribution in [3.63, 3.8) is 0 Å². The number of hydrogen-bond donors (Lipinski definition) is 2. The zero-order chi connectivity index (χ0) is 13.1. The lowest BCUT2D eigenvalue weighted by Gasteiger charge is -2.23. The minimum absolute atomic E-state index is 0.440. The van der Waals surface area contributed by atoms with Crippen LogP contribution in [0.3, 0.4) is 0 Å². The first-order chi connectivity index (χ1) is 9.33. The topological polar surface area (TPSA) is 63.1 Å². The van der Waals surface area contributed by atoms with Crippen molar-refractivity contribution in [1.82, 2.24) is 15.5 Å². The molecule has 1 atom stereocenters. The molecule has 1 saturated heterocycles. The maximum atomic E-state index is 5.64. The Kier molecular flexibility index (Phi) is 3.66. The predicted molar refractivity (Wildman–Crippen MR) is 71.7 cm³/mol. The van der Waals surface area contributed by atoms with Crippen LogP contribution in [-0.2, 0) is 11.3 Å².